The number of alkyl halides is 2. The van der Waals surface area contributed by atoms with E-state index in [0.717, 1.165) is 6.20 Å². The predicted molar refractivity (Wildman–Crippen MR) is 93.4 cm³/mol. The average Bonchev–Trinajstić information content (AvgIpc) is 3.11. The fraction of sp³-hybridized carbons (Fsp3) is 0.312. The second kappa shape index (κ2) is 9.39. The van der Waals surface area contributed by atoms with Gasteiger partial charge in [-0.25, -0.2) is 5.43 Å². The van der Waals surface area contributed by atoms with Gasteiger partial charge in [0.15, 0.2) is 11.5 Å². The van der Waals surface area contributed by atoms with Crippen molar-refractivity contribution in [2.75, 3.05) is 7.11 Å². The average molecular weight is 397 g/mol. The van der Waals surface area contributed by atoms with Crippen LogP contribution in [0.5, 0.6) is 11.5 Å². The van der Waals surface area contributed by atoms with Gasteiger partial charge in [-0.05, 0) is 23.8 Å². The highest BCUT2D eigenvalue weighted by atomic mass is 19.3. The van der Waals surface area contributed by atoms with E-state index in [1.165, 1.54) is 42.4 Å². The van der Waals surface area contributed by atoms with Gasteiger partial charge in [0.25, 0.3) is 0 Å². The minimum absolute atomic E-state index is 0.0872. The van der Waals surface area contributed by atoms with Crippen molar-refractivity contribution in [3.05, 3.63) is 46.3 Å². The molecule has 0 spiro atoms. The molecule has 150 valence electrons. The minimum Gasteiger partial charge on any atom is -0.493 e. The zero-order chi connectivity index (χ0) is 20.7. The van der Waals surface area contributed by atoms with Gasteiger partial charge in [0.1, 0.15) is 12.4 Å². The van der Waals surface area contributed by atoms with Crippen LogP contribution in [0.25, 0.3) is 0 Å². The molecule has 0 aliphatic rings. The Labute approximate surface area is 157 Å². The molecule has 0 radical (unpaired) electrons. The lowest BCUT2D eigenvalue weighted by Crippen LogP contribution is -2.28. The van der Waals surface area contributed by atoms with Crippen LogP contribution in [0, 0.1) is 16.0 Å². The normalized spacial score (nSPS) is 12.2. The summed E-state index contributed by atoms with van der Waals surface area (Å²) in [5.41, 5.74) is 2.64. The highest BCUT2D eigenvalue weighted by Crippen LogP contribution is 2.28. The number of hydrogen-bond donors (Lipinski definition) is 1. The van der Waals surface area contributed by atoms with Crippen LogP contribution in [-0.2, 0) is 11.3 Å². The van der Waals surface area contributed by atoms with Crippen molar-refractivity contribution in [1.29, 1.82) is 0 Å². The van der Waals surface area contributed by atoms with Gasteiger partial charge in [-0.3, -0.25) is 19.6 Å². The molecule has 0 saturated carbocycles. The number of benzene rings is 1. The Kier molecular flexibility index (Phi) is 6.96. The molecule has 28 heavy (non-hydrogen) atoms. The number of amides is 1. The number of nitrogens with one attached hydrogen (secondary N) is 1. The first-order valence-electron chi connectivity index (χ1n) is 7.92. The number of carbonyl (C=O) groups is 1. The number of hydrogen-bond acceptors (Lipinski definition) is 7. The van der Waals surface area contributed by atoms with Gasteiger partial charge in [-0.15, -0.1) is 0 Å². The predicted octanol–water partition coefficient (Wildman–Crippen LogP) is 2.19. The lowest BCUT2D eigenvalue weighted by atomic mass is 10.2. The van der Waals surface area contributed by atoms with E-state index in [-0.39, 0.29) is 23.7 Å². The first-order chi connectivity index (χ1) is 13.3. The van der Waals surface area contributed by atoms with Gasteiger partial charge in [-0.1, -0.05) is 6.92 Å². The molecule has 12 heteroatoms. The molecule has 2 aromatic rings. The molecule has 0 aliphatic heterocycles. The molecule has 1 aromatic carbocycles. The van der Waals surface area contributed by atoms with Gasteiger partial charge < -0.3 is 9.47 Å². The van der Waals surface area contributed by atoms with Crippen molar-refractivity contribution in [3.63, 3.8) is 0 Å². The molecule has 10 nitrogen and oxygen atoms in total. The van der Waals surface area contributed by atoms with E-state index in [2.05, 4.69) is 20.4 Å². The van der Waals surface area contributed by atoms with Crippen molar-refractivity contribution in [2.24, 2.45) is 11.0 Å². The standard InChI is InChI=1S/C16H17F2N5O5/c1-10(8-22-9-12(7-20-22)23(25)26)15(24)21-19-6-11-3-4-13(28-16(17)18)14(5-11)27-2/h3-7,9-10,16H,8H2,1-2H3,(H,21,24)/b19-6+. The number of aromatic nitrogens is 2. The summed E-state index contributed by atoms with van der Waals surface area (Å²) in [6.07, 6.45) is 3.62. The number of rotatable bonds is 9. The number of nitrogens with zero attached hydrogens (tertiary/aromatic N) is 4. The molecule has 1 heterocycles. The van der Waals surface area contributed by atoms with Gasteiger partial charge in [0, 0.05) is 0 Å². The van der Waals surface area contributed by atoms with Crippen LogP contribution >= 0.6 is 0 Å². The Morgan fingerprint density at radius 1 is 1.46 bits per heavy atom. The topological polar surface area (TPSA) is 121 Å². The monoisotopic (exact) mass is 397 g/mol. The molecular formula is C16H17F2N5O5. The van der Waals surface area contributed by atoms with E-state index in [9.17, 15) is 23.7 Å². The van der Waals surface area contributed by atoms with Crippen molar-refractivity contribution in [2.45, 2.75) is 20.1 Å². The SMILES string of the molecule is COc1cc(/C=N/NC(=O)C(C)Cn2cc([N+](=O)[O-])cn2)ccc1OC(F)F. The summed E-state index contributed by atoms with van der Waals surface area (Å²) in [6, 6.07) is 4.17. The molecule has 1 aromatic heterocycles. The number of hydrazone groups is 1. The third-order valence-electron chi connectivity index (χ3n) is 3.53. The number of halogens is 2. The third-order valence-corrected chi connectivity index (χ3v) is 3.53. The summed E-state index contributed by atoms with van der Waals surface area (Å²) in [4.78, 5) is 22.1. The Balaban J connectivity index is 1.93. The van der Waals surface area contributed by atoms with Crippen molar-refractivity contribution in [3.8, 4) is 11.5 Å². The zero-order valence-corrected chi connectivity index (χ0v) is 14.9. The maximum atomic E-state index is 12.3. The van der Waals surface area contributed by atoms with Crippen LogP contribution in [0.4, 0.5) is 14.5 Å². The van der Waals surface area contributed by atoms with Crippen molar-refractivity contribution in [1.82, 2.24) is 15.2 Å². The zero-order valence-electron chi connectivity index (χ0n) is 14.9. The van der Waals surface area contributed by atoms with Crippen LogP contribution in [0.2, 0.25) is 0 Å². The molecule has 0 fully saturated rings. The number of nitro groups is 1. The quantitative estimate of drug-likeness (QED) is 0.393. The largest absolute Gasteiger partial charge is 0.493 e. The van der Waals surface area contributed by atoms with Gasteiger partial charge >= 0.3 is 12.3 Å². The summed E-state index contributed by atoms with van der Waals surface area (Å²) in [7, 11) is 1.30. The second-order valence-electron chi connectivity index (χ2n) is 5.60. The van der Waals surface area contributed by atoms with E-state index < -0.39 is 23.4 Å². The van der Waals surface area contributed by atoms with E-state index in [1.54, 1.807) is 6.92 Å². The lowest BCUT2D eigenvalue weighted by molar-refractivity contribution is -0.385. The highest BCUT2D eigenvalue weighted by Gasteiger charge is 2.16. The Morgan fingerprint density at radius 2 is 2.21 bits per heavy atom. The molecule has 0 aliphatic carbocycles. The number of carbonyl (C=O) groups excluding carboxylic acids is 1. The minimum atomic E-state index is -2.98. The Morgan fingerprint density at radius 3 is 2.82 bits per heavy atom. The maximum absolute atomic E-state index is 12.3. The second-order valence-corrected chi connectivity index (χ2v) is 5.60. The van der Waals surface area contributed by atoms with Crippen LogP contribution in [-0.4, -0.2) is 40.5 Å². The van der Waals surface area contributed by atoms with Crippen LogP contribution in [0.15, 0.2) is 35.7 Å². The van der Waals surface area contributed by atoms with Crippen molar-refractivity contribution < 1.29 is 28.0 Å². The molecule has 2 rings (SSSR count). The van der Waals surface area contributed by atoms with Crippen LogP contribution < -0.4 is 14.9 Å². The third kappa shape index (κ3) is 5.72. The van der Waals surface area contributed by atoms with E-state index in [1.807, 2.05) is 0 Å². The summed E-state index contributed by atoms with van der Waals surface area (Å²) >= 11 is 0. The van der Waals surface area contributed by atoms with Crippen molar-refractivity contribution >= 4 is 17.8 Å². The van der Waals surface area contributed by atoms with Gasteiger partial charge in [-0.2, -0.15) is 19.0 Å². The molecule has 1 amide bonds. The molecular weight excluding hydrogens is 380 g/mol. The van der Waals surface area contributed by atoms with Crippen LogP contribution in [0.1, 0.15) is 12.5 Å². The maximum Gasteiger partial charge on any atom is 0.387 e. The Bertz CT molecular complexity index is 871. The highest BCUT2D eigenvalue weighted by molar-refractivity contribution is 5.83. The Hall–Kier alpha value is -3.57. The summed E-state index contributed by atoms with van der Waals surface area (Å²) in [6.45, 7) is -1.24. The lowest BCUT2D eigenvalue weighted by Gasteiger charge is -2.10. The number of methoxy groups -OCH3 is 1. The first kappa shape index (κ1) is 20.7. The van der Waals surface area contributed by atoms with Gasteiger partial charge in [0.2, 0.25) is 5.91 Å². The van der Waals surface area contributed by atoms with E-state index in [4.69, 9.17) is 4.74 Å². The molecule has 1 atom stereocenters. The number of ether oxygens (including phenoxy) is 2. The smallest absolute Gasteiger partial charge is 0.387 e. The molecule has 1 unspecified atom stereocenters. The van der Waals surface area contributed by atoms with Gasteiger partial charge in [0.05, 0.1) is 30.7 Å². The molecule has 0 saturated heterocycles. The summed E-state index contributed by atoms with van der Waals surface area (Å²) in [5, 5.41) is 18.2. The fourth-order valence-corrected chi connectivity index (χ4v) is 2.15. The molecule has 0 bridgehead atoms. The first-order valence-corrected chi connectivity index (χ1v) is 7.92. The summed E-state index contributed by atoms with van der Waals surface area (Å²) < 4.78 is 35.2. The fourth-order valence-electron chi connectivity index (χ4n) is 2.15. The molecule has 1 N–H and O–H groups in total. The van der Waals surface area contributed by atoms with E-state index in [0.29, 0.717) is 5.56 Å². The van der Waals surface area contributed by atoms with E-state index >= 15 is 0 Å². The summed E-state index contributed by atoms with van der Waals surface area (Å²) in [5.74, 6) is -1.03. The van der Waals surface area contributed by atoms with Crippen LogP contribution in [0.3, 0.4) is 0 Å².